The molecule has 3 rings (SSSR count). The Morgan fingerprint density at radius 1 is 1.13 bits per heavy atom. The van der Waals surface area contributed by atoms with E-state index in [9.17, 15) is 4.79 Å². The molecule has 3 aromatic heterocycles. The molecule has 0 saturated carbocycles. The standard InChI is InChI=1S/C21H24N8O/c1-12(2)14-8-20(29-25-10-14)28-19-6-5-17-18(27-19)7-15(9-24-17)16(11-23-4)21(22)26-13(3)30/h5-12,23H,1-4H3,(H2,22,26,30)(H,27,28,29)/b16-11-. The Kier molecular flexibility index (Phi) is 6.31. The molecule has 0 aromatic carbocycles. The third-order valence-electron chi connectivity index (χ3n) is 4.31. The minimum Gasteiger partial charge on any atom is -0.393 e. The van der Waals surface area contributed by atoms with E-state index in [0.717, 1.165) is 5.56 Å². The van der Waals surface area contributed by atoms with Gasteiger partial charge in [-0.05, 0) is 35.7 Å². The second-order valence-electron chi connectivity index (χ2n) is 7.02. The number of carbonyl (C=O) groups excluding carboxylic acids is 1. The van der Waals surface area contributed by atoms with Crippen LogP contribution in [-0.4, -0.2) is 39.0 Å². The summed E-state index contributed by atoms with van der Waals surface area (Å²) in [6, 6.07) is 7.45. The van der Waals surface area contributed by atoms with Gasteiger partial charge in [0.05, 0.1) is 17.2 Å². The van der Waals surface area contributed by atoms with E-state index in [1.165, 1.54) is 6.92 Å². The molecule has 154 valence electrons. The number of amides is 1. The molecule has 0 unspecified atom stereocenters. The van der Waals surface area contributed by atoms with Crippen molar-refractivity contribution in [2.45, 2.75) is 26.7 Å². The van der Waals surface area contributed by atoms with Gasteiger partial charge in [-0.3, -0.25) is 15.2 Å². The summed E-state index contributed by atoms with van der Waals surface area (Å²) in [4.78, 5) is 20.4. The lowest BCUT2D eigenvalue weighted by Crippen LogP contribution is -2.28. The van der Waals surface area contributed by atoms with Crippen LogP contribution in [0.25, 0.3) is 16.6 Å². The number of amidine groups is 1. The second-order valence-corrected chi connectivity index (χ2v) is 7.02. The largest absolute Gasteiger partial charge is 0.393 e. The zero-order chi connectivity index (χ0) is 21.7. The van der Waals surface area contributed by atoms with Gasteiger partial charge in [-0.2, -0.15) is 5.10 Å². The van der Waals surface area contributed by atoms with Crippen LogP contribution in [0.15, 0.2) is 42.9 Å². The molecule has 3 aromatic rings. The van der Waals surface area contributed by atoms with Gasteiger partial charge in [-0.15, -0.1) is 5.10 Å². The summed E-state index contributed by atoms with van der Waals surface area (Å²) in [5.41, 5.74) is 3.58. The van der Waals surface area contributed by atoms with E-state index in [1.807, 2.05) is 24.3 Å². The van der Waals surface area contributed by atoms with Gasteiger partial charge in [0.1, 0.15) is 11.7 Å². The van der Waals surface area contributed by atoms with Gasteiger partial charge in [0.2, 0.25) is 5.91 Å². The van der Waals surface area contributed by atoms with Crippen LogP contribution in [0.1, 0.15) is 37.8 Å². The number of hydrogen-bond donors (Lipinski definition) is 4. The number of rotatable bonds is 6. The molecule has 1 amide bonds. The number of fused-ring (bicyclic) bond motifs is 1. The van der Waals surface area contributed by atoms with Crippen molar-refractivity contribution in [3.8, 4) is 0 Å². The zero-order valence-corrected chi connectivity index (χ0v) is 17.3. The lowest BCUT2D eigenvalue weighted by Gasteiger charge is -2.11. The molecule has 0 bridgehead atoms. The van der Waals surface area contributed by atoms with Gasteiger partial charge in [-0.25, -0.2) is 4.98 Å². The maximum atomic E-state index is 11.3. The van der Waals surface area contributed by atoms with Crippen LogP contribution in [0.2, 0.25) is 0 Å². The van der Waals surface area contributed by atoms with Gasteiger partial charge in [-0.1, -0.05) is 13.8 Å². The van der Waals surface area contributed by atoms with Crippen molar-refractivity contribution >= 4 is 40.0 Å². The first-order chi connectivity index (χ1) is 14.4. The smallest absolute Gasteiger partial charge is 0.222 e. The van der Waals surface area contributed by atoms with Crippen molar-refractivity contribution in [2.75, 3.05) is 12.4 Å². The normalized spacial score (nSPS) is 11.4. The first kappa shape index (κ1) is 20.8. The van der Waals surface area contributed by atoms with E-state index in [2.05, 4.69) is 50.0 Å². The SMILES string of the molecule is CN/C=C(\C(=N)NC(C)=O)c1cnc2ccc(Nc3cc(C(C)C)cnn3)nc2c1. The molecule has 9 nitrogen and oxygen atoms in total. The maximum Gasteiger partial charge on any atom is 0.222 e. The third kappa shape index (κ3) is 4.93. The number of anilines is 2. The maximum absolute atomic E-state index is 11.3. The Bertz CT molecular complexity index is 1120. The molecular weight excluding hydrogens is 380 g/mol. The minimum atomic E-state index is -0.315. The highest BCUT2D eigenvalue weighted by Gasteiger charge is 2.12. The number of aromatic nitrogens is 4. The average Bonchev–Trinajstić information content (AvgIpc) is 2.71. The number of carbonyl (C=O) groups is 1. The van der Waals surface area contributed by atoms with Crippen LogP contribution in [0, 0.1) is 5.41 Å². The molecule has 0 saturated heterocycles. The van der Waals surface area contributed by atoms with Crippen LogP contribution >= 0.6 is 0 Å². The van der Waals surface area contributed by atoms with Crippen molar-refractivity contribution in [2.24, 2.45) is 0 Å². The predicted octanol–water partition coefficient (Wildman–Crippen LogP) is 2.96. The summed E-state index contributed by atoms with van der Waals surface area (Å²) in [6.07, 6.45) is 5.03. The highest BCUT2D eigenvalue weighted by atomic mass is 16.1. The monoisotopic (exact) mass is 404 g/mol. The summed E-state index contributed by atoms with van der Waals surface area (Å²) in [5, 5.41) is 24.9. The van der Waals surface area contributed by atoms with Crippen LogP contribution in [0.4, 0.5) is 11.6 Å². The molecule has 0 aliphatic rings. The van der Waals surface area contributed by atoms with E-state index in [-0.39, 0.29) is 11.7 Å². The van der Waals surface area contributed by atoms with Crippen LogP contribution in [0.3, 0.4) is 0 Å². The summed E-state index contributed by atoms with van der Waals surface area (Å²) in [7, 11) is 1.72. The molecule has 3 heterocycles. The van der Waals surface area contributed by atoms with Crippen LogP contribution in [-0.2, 0) is 4.79 Å². The summed E-state index contributed by atoms with van der Waals surface area (Å²) < 4.78 is 0. The van der Waals surface area contributed by atoms with Gasteiger partial charge < -0.3 is 16.0 Å². The molecule has 0 atom stereocenters. The average molecular weight is 404 g/mol. The number of hydrogen-bond acceptors (Lipinski definition) is 8. The fourth-order valence-electron chi connectivity index (χ4n) is 2.80. The van der Waals surface area contributed by atoms with Gasteiger partial charge >= 0.3 is 0 Å². The number of nitrogens with one attached hydrogen (secondary N) is 4. The Morgan fingerprint density at radius 3 is 2.63 bits per heavy atom. The van der Waals surface area contributed by atoms with Crippen molar-refractivity contribution in [3.05, 3.63) is 54.0 Å². The molecule has 0 radical (unpaired) electrons. The van der Waals surface area contributed by atoms with Crippen molar-refractivity contribution in [3.63, 3.8) is 0 Å². The Hall–Kier alpha value is -3.88. The fraction of sp³-hybridized carbons (Fsp3) is 0.238. The van der Waals surface area contributed by atoms with Crippen molar-refractivity contribution in [1.29, 1.82) is 5.41 Å². The minimum absolute atomic E-state index is 0.0203. The first-order valence-electron chi connectivity index (χ1n) is 9.48. The molecule has 0 spiro atoms. The van der Waals surface area contributed by atoms with E-state index in [0.29, 0.717) is 39.7 Å². The van der Waals surface area contributed by atoms with Gasteiger partial charge in [0, 0.05) is 37.5 Å². The lowest BCUT2D eigenvalue weighted by molar-refractivity contribution is -0.117. The van der Waals surface area contributed by atoms with Crippen LogP contribution < -0.4 is 16.0 Å². The van der Waals surface area contributed by atoms with Gasteiger partial charge in [0.25, 0.3) is 0 Å². The Labute approximate surface area is 174 Å². The highest BCUT2D eigenvalue weighted by Crippen LogP contribution is 2.22. The summed E-state index contributed by atoms with van der Waals surface area (Å²) in [5.74, 6) is 1.22. The van der Waals surface area contributed by atoms with E-state index < -0.39 is 0 Å². The second kappa shape index (κ2) is 9.08. The predicted molar refractivity (Wildman–Crippen MR) is 118 cm³/mol. The van der Waals surface area contributed by atoms with Crippen LogP contribution in [0.5, 0.6) is 0 Å². The molecule has 0 fully saturated rings. The topological polar surface area (TPSA) is 129 Å². The summed E-state index contributed by atoms with van der Waals surface area (Å²) in [6.45, 7) is 5.55. The van der Waals surface area contributed by atoms with Gasteiger partial charge in [0.15, 0.2) is 5.82 Å². The van der Waals surface area contributed by atoms with E-state index in [4.69, 9.17) is 5.41 Å². The zero-order valence-electron chi connectivity index (χ0n) is 17.3. The molecular formula is C21H24N8O. The molecule has 0 aliphatic heterocycles. The molecule has 30 heavy (non-hydrogen) atoms. The summed E-state index contributed by atoms with van der Waals surface area (Å²) >= 11 is 0. The Morgan fingerprint density at radius 2 is 1.93 bits per heavy atom. The van der Waals surface area contributed by atoms with Crippen molar-refractivity contribution < 1.29 is 4.79 Å². The van der Waals surface area contributed by atoms with E-state index >= 15 is 0 Å². The quantitative estimate of drug-likeness (QED) is 0.367. The first-order valence-corrected chi connectivity index (χ1v) is 9.48. The number of nitrogens with zero attached hydrogens (tertiary/aromatic N) is 4. The third-order valence-corrected chi connectivity index (χ3v) is 4.31. The van der Waals surface area contributed by atoms with E-state index in [1.54, 1.807) is 25.6 Å². The fourth-order valence-corrected chi connectivity index (χ4v) is 2.80. The van der Waals surface area contributed by atoms with Crippen molar-refractivity contribution in [1.82, 2.24) is 30.8 Å². The molecule has 9 heteroatoms. The molecule has 0 aliphatic carbocycles. The number of pyridine rings is 2. The molecule has 4 N–H and O–H groups in total. The lowest BCUT2D eigenvalue weighted by atomic mass is 10.1. The highest BCUT2D eigenvalue weighted by molar-refractivity contribution is 6.25. The Balaban J connectivity index is 1.94.